The first kappa shape index (κ1) is 19.3. The summed E-state index contributed by atoms with van der Waals surface area (Å²) in [4.78, 5) is 26.3. The molecule has 0 N–H and O–H groups in total. The third kappa shape index (κ3) is 4.53. The molecule has 0 bridgehead atoms. The average molecular weight is 357 g/mol. The maximum atomic E-state index is 12.5. The normalized spacial score (nSPS) is 11.4. The van der Waals surface area contributed by atoms with Gasteiger partial charge in [-0.05, 0) is 44.2 Å². The second kappa shape index (κ2) is 8.89. The molecule has 2 aromatic carbocycles. The fraction of sp³-hybridized carbons (Fsp3) is 0.300. The molecule has 1 amide bonds. The molecule has 26 heavy (non-hydrogen) atoms. The Morgan fingerprint density at radius 1 is 1.08 bits per heavy atom. The van der Waals surface area contributed by atoms with Crippen LogP contribution in [-0.4, -0.2) is 38.7 Å². The van der Waals surface area contributed by atoms with Crippen LogP contribution in [0.4, 0.5) is 5.69 Å². The van der Waals surface area contributed by atoms with Gasteiger partial charge in [-0.2, -0.15) is 0 Å². The van der Waals surface area contributed by atoms with Crippen molar-refractivity contribution in [2.24, 2.45) is 0 Å². The van der Waals surface area contributed by atoms with E-state index in [1.807, 2.05) is 37.3 Å². The van der Waals surface area contributed by atoms with Crippen LogP contribution >= 0.6 is 0 Å². The summed E-state index contributed by atoms with van der Waals surface area (Å²) in [6, 6.07) is 13.9. The number of nitrogens with zero attached hydrogens (tertiary/aromatic N) is 1. The topological polar surface area (TPSA) is 65.1 Å². The standard InChI is InChI=1S/C20H23NO5/c1-5-25-18-13-15(11-12-17(18)24-4)20(23)26-14(2)19(22)21(3)16-9-7-6-8-10-16/h6-14H,5H2,1-4H3/t14-/m0/s1. The van der Waals surface area contributed by atoms with Crippen LogP contribution in [0.2, 0.25) is 0 Å². The number of likely N-dealkylation sites (N-methyl/N-ethyl adjacent to an activating group) is 1. The molecule has 138 valence electrons. The number of hydrogen-bond donors (Lipinski definition) is 0. The molecule has 0 aromatic heterocycles. The fourth-order valence-electron chi connectivity index (χ4n) is 2.40. The van der Waals surface area contributed by atoms with Crippen molar-refractivity contribution in [3.63, 3.8) is 0 Å². The molecule has 0 fully saturated rings. The molecule has 0 unspecified atom stereocenters. The van der Waals surface area contributed by atoms with Crippen molar-refractivity contribution >= 4 is 17.6 Å². The molecule has 0 saturated carbocycles. The Labute approximate surface area is 153 Å². The van der Waals surface area contributed by atoms with Crippen molar-refractivity contribution in [1.29, 1.82) is 0 Å². The zero-order chi connectivity index (χ0) is 19.1. The molecule has 0 aliphatic carbocycles. The first-order valence-electron chi connectivity index (χ1n) is 8.32. The van der Waals surface area contributed by atoms with E-state index >= 15 is 0 Å². The van der Waals surface area contributed by atoms with Crippen molar-refractivity contribution in [3.8, 4) is 11.5 Å². The Kier molecular flexibility index (Phi) is 6.60. The number of para-hydroxylation sites is 1. The lowest BCUT2D eigenvalue weighted by Gasteiger charge is -2.21. The maximum Gasteiger partial charge on any atom is 0.339 e. The number of anilines is 1. The summed E-state index contributed by atoms with van der Waals surface area (Å²) in [7, 11) is 3.17. The molecule has 6 nitrogen and oxygen atoms in total. The van der Waals surface area contributed by atoms with E-state index in [-0.39, 0.29) is 11.5 Å². The molecule has 0 heterocycles. The van der Waals surface area contributed by atoms with Crippen molar-refractivity contribution in [3.05, 3.63) is 54.1 Å². The monoisotopic (exact) mass is 357 g/mol. The van der Waals surface area contributed by atoms with E-state index in [9.17, 15) is 9.59 Å². The van der Waals surface area contributed by atoms with Gasteiger partial charge in [0.15, 0.2) is 17.6 Å². The van der Waals surface area contributed by atoms with Gasteiger partial charge in [-0.25, -0.2) is 4.79 Å². The third-order valence-corrected chi connectivity index (χ3v) is 3.80. The second-order valence-electron chi connectivity index (χ2n) is 5.58. The molecule has 0 aliphatic heterocycles. The van der Waals surface area contributed by atoms with Crippen LogP contribution in [0.5, 0.6) is 11.5 Å². The molecule has 0 spiro atoms. The number of rotatable bonds is 7. The predicted octanol–water partition coefficient (Wildman–Crippen LogP) is 3.30. The SMILES string of the molecule is CCOc1cc(C(=O)O[C@@H](C)C(=O)N(C)c2ccccc2)ccc1OC. The Balaban J connectivity index is 2.09. The Morgan fingerprint density at radius 3 is 2.38 bits per heavy atom. The summed E-state index contributed by atoms with van der Waals surface area (Å²) in [6.45, 7) is 3.82. The van der Waals surface area contributed by atoms with Crippen molar-refractivity contribution in [1.82, 2.24) is 0 Å². The lowest BCUT2D eigenvalue weighted by Crippen LogP contribution is -2.37. The maximum absolute atomic E-state index is 12.5. The van der Waals surface area contributed by atoms with Gasteiger partial charge in [0.1, 0.15) is 0 Å². The molecule has 6 heteroatoms. The van der Waals surface area contributed by atoms with Gasteiger partial charge in [0.2, 0.25) is 0 Å². The van der Waals surface area contributed by atoms with Crippen LogP contribution in [0, 0.1) is 0 Å². The number of carbonyl (C=O) groups excluding carboxylic acids is 2. The molecule has 0 radical (unpaired) electrons. The zero-order valence-corrected chi connectivity index (χ0v) is 15.4. The van der Waals surface area contributed by atoms with Gasteiger partial charge in [-0.3, -0.25) is 4.79 Å². The van der Waals surface area contributed by atoms with Crippen molar-refractivity contribution < 1.29 is 23.8 Å². The summed E-state index contributed by atoms with van der Waals surface area (Å²) >= 11 is 0. The van der Waals surface area contributed by atoms with Crippen LogP contribution < -0.4 is 14.4 Å². The highest BCUT2D eigenvalue weighted by Crippen LogP contribution is 2.28. The van der Waals surface area contributed by atoms with Gasteiger partial charge in [-0.15, -0.1) is 0 Å². The van der Waals surface area contributed by atoms with Gasteiger partial charge < -0.3 is 19.1 Å². The molecule has 0 aliphatic rings. The highest BCUT2D eigenvalue weighted by molar-refractivity contribution is 5.98. The van der Waals surface area contributed by atoms with Gasteiger partial charge in [0, 0.05) is 12.7 Å². The highest BCUT2D eigenvalue weighted by Gasteiger charge is 2.23. The predicted molar refractivity (Wildman–Crippen MR) is 98.9 cm³/mol. The van der Waals surface area contributed by atoms with Crippen LogP contribution in [-0.2, 0) is 9.53 Å². The van der Waals surface area contributed by atoms with Gasteiger partial charge in [0.25, 0.3) is 5.91 Å². The number of ether oxygens (including phenoxy) is 3. The lowest BCUT2D eigenvalue weighted by atomic mass is 10.2. The minimum Gasteiger partial charge on any atom is -0.493 e. The first-order valence-corrected chi connectivity index (χ1v) is 8.32. The van der Waals surface area contributed by atoms with Crippen molar-refractivity contribution in [2.75, 3.05) is 25.7 Å². The van der Waals surface area contributed by atoms with E-state index in [1.165, 1.54) is 12.0 Å². The van der Waals surface area contributed by atoms with Gasteiger partial charge in [-0.1, -0.05) is 18.2 Å². The third-order valence-electron chi connectivity index (χ3n) is 3.80. The molecular formula is C20H23NO5. The van der Waals surface area contributed by atoms with Crippen LogP contribution in [0.3, 0.4) is 0 Å². The number of carbonyl (C=O) groups is 2. The van der Waals surface area contributed by atoms with E-state index < -0.39 is 12.1 Å². The minimum atomic E-state index is -0.926. The van der Waals surface area contributed by atoms with Crippen molar-refractivity contribution in [2.45, 2.75) is 20.0 Å². The minimum absolute atomic E-state index is 0.288. The Morgan fingerprint density at radius 2 is 1.77 bits per heavy atom. The summed E-state index contributed by atoms with van der Waals surface area (Å²) in [5.41, 5.74) is 1.01. The molecular weight excluding hydrogens is 334 g/mol. The van der Waals surface area contributed by atoms with E-state index in [4.69, 9.17) is 14.2 Å². The van der Waals surface area contributed by atoms with Crippen LogP contribution in [0.15, 0.2) is 48.5 Å². The Bertz CT molecular complexity index is 760. The van der Waals surface area contributed by atoms with E-state index in [0.717, 1.165) is 5.69 Å². The molecule has 2 aromatic rings. The summed E-state index contributed by atoms with van der Waals surface area (Å²) < 4.78 is 16.0. The van der Waals surface area contributed by atoms with Gasteiger partial charge >= 0.3 is 5.97 Å². The molecule has 0 saturated heterocycles. The summed E-state index contributed by atoms with van der Waals surface area (Å²) in [5.74, 6) is 0.0557. The largest absolute Gasteiger partial charge is 0.493 e. The Hall–Kier alpha value is -3.02. The van der Waals surface area contributed by atoms with Crippen LogP contribution in [0.1, 0.15) is 24.2 Å². The van der Waals surface area contributed by atoms with E-state index in [0.29, 0.717) is 18.1 Å². The quantitative estimate of drug-likeness (QED) is 0.712. The van der Waals surface area contributed by atoms with Crippen LogP contribution in [0.25, 0.3) is 0 Å². The number of esters is 1. The van der Waals surface area contributed by atoms with Gasteiger partial charge in [0.05, 0.1) is 19.3 Å². The highest BCUT2D eigenvalue weighted by atomic mass is 16.5. The average Bonchev–Trinajstić information content (AvgIpc) is 2.67. The van der Waals surface area contributed by atoms with E-state index in [2.05, 4.69) is 0 Å². The number of methoxy groups -OCH3 is 1. The second-order valence-corrected chi connectivity index (χ2v) is 5.58. The summed E-state index contributed by atoms with van der Waals surface area (Å²) in [6.07, 6.45) is -0.926. The molecule has 1 atom stereocenters. The summed E-state index contributed by atoms with van der Waals surface area (Å²) in [5, 5.41) is 0. The van der Waals surface area contributed by atoms with E-state index in [1.54, 1.807) is 32.2 Å². The molecule has 2 rings (SSSR count). The number of amides is 1. The number of benzene rings is 2. The first-order chi connectivity index (χ1) is 12.5. The fourth-order valence-corrected chi connectivity index (χ4v) is 2.40. The number of hydrogen-bond acceptors (Lipinski definition) is 5. The zero-order valence-electron chi connectivity index (χ0n) is 15.4. The smallest absolute Gasteiger partial charge is 0.339 e. The lowest BCUT2D eigenvalue weighted by molar-refractivity contribution is -0.126.